The molecule has 3 aromatic heterocycles. The Bertz CT molecular complexity index is 1010. The van der Waals surface area contributed by atoms with E-state index in [1.54, 1.807) is 29.1 Å². The molecule has 29 heavy (non-hydrogen) atoms. The topological polar surface area (TPSA) is 96.7 Å². The average molecular weight is 418 g/mol. The summed E-state index contributed by atoms with van der Waals surface area (Å²) in [7, 11) is 1.53. The van der Waals surface area contributed by atoms with Gasteiger partial charge in [-0.15, -0.1) is 12.4 Å². The molecule has 1 atom stereocenters. The van der Waals surface area contributed by atoms with Gasteiger partial charge in [0, 0.05) is 44.1 Å². The van der Waals surface area contributed by atoms with E-state index in [9.17, 15) is 4.79 Å². The smallest absolute Gasteiger partial charge is 0.262 e. The number of aromatic nitrogens is 4. The summed E-state index contributed by atoms with van der Waals surface area (Å²) in [5, 5.41) is 6.18. The molecule has 1 saturated heterocycles. The number of nitrogens with zero attached hydrogens (tertiary/aromatic N) is 5. The second-order valence-corrected chi connectivity index (χ2v) is 6.92. The Morgan fingerprint density at radius 3 is 2.83 bits per heavy atom. The number of anilines is 2. The zero-order chi connectivity index (χ0) is 19.7. The minimum absolute atomic E-state index is 0. The molecule has 1 aliphatic rings. The number of hydrogen-bond donors (Lipinski definition) is 2. The van der Waals surface area contributed by atoms with Crippen molar-refractivity contribution in [3.63, 3.8) is 0 Å². The van der Waals surface area contributed by atoms with Crippen LogP contribution in [0.1, 0.15) is 23.0 Å². The Hall–Kier alpha value is -2.91. The lowest BCUT2D eigenvalue weighted by Crippen LogP contribution is -2.49. The molecule has 2 N–H and O–H groups in total. The summed E-state index contributed by atoms with van der Waals surface area (Å²) in [4.78, 5) is 28.1. The first kappa shape index (κ1) is 20.8. The number of nitrogens with one attached hydrogen (secondary N) is 2. The Balaban J connectivity index is 0.00000240. The average Bonchev–Trinajstić information content (AvgIpc) is 3.06. The fraction of sp³-hybridized carbons (Fsp3) is 0.368. The van der Waals surface area contributed by atoms with Crippen molar-refractivity contribution in [1.82, 2.24) is 24.7 Å². The molecule has 9 nitrogen and oxygen atoms in total. The van der Waals surface area contributed by atoms with Crippen molar-refractivity contribution in [2.45, 2.75) is 19.9 Å². The van der Waals surface area contributed by atoms with E-state index in [1.807, 2.05) is 13.1 Å². The van der Waals surface area contributed by atoms with Crippen LogP contribution in [-0.2, 0) is 0 Å². The van der Waals surface area contributed by atoms with Crippen LogP contribution < -0.4 is 20.3 Å². The van der Waals surface area contributed by atoms with Gasteiger partial charge in [-0.1, -0.05) is 0 Å². The lowest BCUT2D eigenvalue weighted by molar-refractivity contribution is 0.102. The first-order chi connectivity index (χ1) is 13.5. The van der Waals surface area contributed by atoms with Crippen LogP contribution >= 0.6 is 12.4 Å². The largest absolute Gasteiger partial charge is 0.496 e. The summed E-state index contributed by atoms with van der Waals surface area (Å²) in [6.45, 7) is 6.71. The number of carbonyl (C=O) groups is 1. The predicted molar refractivity (Wildman–Crippen MR) is 113 cm³/mol. The lowest BCUT2D eigenvalue weighted by atomic mass is 10.2. The number of rotatable bonds is 4. The Labute approximate surface area is 174 Å². The molecule has 10 heteroatoms. The number of ether oxygens (including phenoxy) is 1. The van der Waals surface area contributed by atoms with Crippen LogP contribution in [0.3, 0.4) is 0 Å². The zero-order valence-corrected chi connectivity index (χ0v) is 17.4. The number of hydrogen-bond acceptors (Lipinski definition) is 7. The van der Waals surface area contributed by atoms with Gasteiger partial charge in [-0.25, -0.2) is 15.0 Å². The first-order valence-electron chi connectivity index (χ1n) is 9.18. The van der Waals surface area contributed by atoms with Crippen molar-refractivity contribution >= 4 is 35.6 Å². The van der Waals surface area contributed by atoms with E-state index in [0.29, 0.717) is 23.2 Å². The molecule has 4 rings (SSSR count). The Morgan fingerprint density at radius 1 is 1.31 bits per heavy atom. The second-order valence-electron chi connectivity index (χ2n) is 6.92. The molecule has 1 amide bonds. The SMILES string of the molecule is COc1cc2nc(C)cn2cc1C(=O)Nc1cnc(N2CCN[C@@H](C)C2)cn1.Cl. The number of pyridine rings is 1. The van der Waals surface area contributed by atoms with E-state index >= 15 is 0 Å². The highest BCUT2D eigenvalue weighted by Crippen LogP contribution is 2.22. The van der Waals surface area contributed by atoms with Crippen LogP contribution in [-0.4, -0.2) is 58.0 Å². The minimum atomic E-state index is -0.317. The van der Waals surface area contributed by atoms with Crippen molar-refractivity contribution in [2.24, 2.45) is 0 Å². The van der Waals surface area contributed by atoms with Gasteiger partial charge in [0.1, 0.15) is 17.2 Å². The van der Waals surface area contributed by atoms with E-state index < -0.39 is 0 Å². The van der Waals surface area contributed by atoms with Crippen LogP contribution in [0.2, 0.25) is 0 Å². The fourth-order valence-corrected chi connectivity index (χ4v) is 3.36. The third-order valence-corrected chi connectivity index (χ3v) is 4.71. The van der Waals surface area contributed by atoms with Crippen LogP contribution in [0.4, 0.5) is 11.6 Å². The van der Waals surface area contributed by atoms with E-state index in [0.717, 1.165) is 36.8 Å². The van der Waals surface area contributed by atoms with Crippen LogP contribution in [0.25, 0.3) is 5.65 Å². The van der Waals surface area contributed by atoms with Crippen LogP contribution in [0.15, 0.2) is 30.9 Å². The van der Waals surface area contributed by atoms with Gasteiger partial charge in [-0.05, 0) is 13.8 Å². The number of halogens is 1. The second kappa shape index (κ2) is 8.62. The summed E-state index contributed by atoms with van der Waals surface area (Å²) in [5.74, 6) is 1.33. The molecule has 0 bridgehead atoms. The molecular formula is C19H24ClN7O2. The third-order valence-electron chi connectivity index (χ3n) is 4.71. The number of fused-ring (bicyclic) bond motifs is 1. The molecule has 0 unspecified atom stereocenters. The molecule has 0 spiro atoms. The molecule has 0 aliphatic carbocycles. The molecular weight excluding hydrogens is 394 g/mol. The highest BCUT2D eigenvalue weighted by atomic mass is 35.5. The van der Waals surface area contributed by atoms with Gasteiger partial charge < -0.3 is 24.7 Å². The number of aryl methyl sites for hydroxylation is 1. The normalized spacial score (nSPS) is 16.4. The van der Waals surface area contributed by atoms with Gasteiger partial charge in [0.2, 0.25) is 0 Å². The summed E-state index contributed by atoms with van der Waals surface area (Å²) < 4.78 is 7.17. The fourth-order valence-electron chi connectivity index (χ4n) is 3.36. The lowest BCUT2D eigenvalue weighted by Gasteiger charge is -2.32. The van der Waals surface area contributed by atoms with Gasteiger partial charge >= 0.3 is 0 Å². The van der Waals surface area contributed by atoms with Crippen LogP contribution in [0.5, 0.6) is 5.75 Å². The monoisotopic (exact) mass is 417 g/mol. The molecule has 3 aromatic rings. The molecule has 154 valence electrons. The number of piperazine rings is 1. The van der Waals surface area contributed by atoms with Crippen molar-refractivity contribution in [3.05, 3.63) is 42.1 Å². The van der Waals surface area contributed by atoms with Crippen molar-refractivity contribution < 1.29 is 9.53 Å². The van der Waals surface area contributed by atoms with E-state index in [-0.39, 0.29) is 18.3 Å². The van der Waals surface area contributed by atoms with Crippen molar-refractivity contribution in [1.29, 1.82) is 0 Å². The molecule has 0 saturated carbocycles. The van der Waals surface area contributed by atoms with Crippen molar-refractivity contribution in [3.8, 4) is 5.75 Å². The van der Waals surface area contributed by atoms with Gasteiger partial charge in [0.05, 0.1) is 30.8 Å². The minimum Gasteiger partial charge on any atom is -0.496 e. The zero-order valence-electron chi connectivity index (χ0n) is 16.5. The summed E-state index contributed by atoms with van der Waals surface area (Å²) in [5.41, 5.74) is 1.98. The quantitative estimate of drug-likeness (QED) is 0.669. The number of imidazole rings is 1. The number of amides is 1. The van der Waals surface area contributed by atoms with Gasteiger partial charge in [-0.3, -0.25) is 4.79 Å². The predicted octanol–water partition coefficient (Wildman–Crippen LogP) is 1.91. The first-order valence-corrected chi connectivity index (χ1v) is 9.18. The molecule has 1 fully saturated rings. The Morgan fingerprint density at radius 2 is 2.14 bits per heavy atom. The molecule has 0 aromatic carbocycles. The molecule has 0 radical (unpaired) electrons. The van der Waals surface area contributed by atoms with Crippen molar-refractivity contribution in [2.75, 3.05) is 37.0 Å². The number of methoxy groups -OCH3 is 1. The summed E-state index contributed by atoms with van der Waals surface area (Å²) >= 11 is 0. The highest BCUT2D eigenvalue weighted by Gasteiger charge is 2.18. The van der Waals surface area contributed by atoms with Gasteiger partial charge in [0.25, 0.3) is 5.91 Å². The maximum absolute atomic E-state index is 12.8. The van der Waals surface area contributed by atoms with E-state index in [4.69, 9.17) is 4.74 Å². The van der Waals surface area contributed by atoms with Gasteiger partial charge in [-0.2, -0.15) is 0 Å². The Kier molecular flexibility index (Phi) is 6.19. The highest BCUT2D eigenvalue weighted by molar-refractivity contribution is 6.05. The maximum Gasteiger partial charge on any atom is 0.262 e. The van der Waals surface area contributed by atoms with E-state index in [2.05, 4.69) is 37.4 Å². The third kappa shape index (κ3) is 4.41. The van der Waals surface area contributed by atoms with Crippen LogP contribution in [0, 0.1) is 6.92 Å². The summed E-state index contributed by atoms with van der Waals surface area (Å²) in [6.07, 6.45) is 6.82. The molecule has 4 heterocycles. The summed E-state index contributed by atoms with van der Waals surface area (Å²) in [6, 6.07) is 2.14. The maximum atomic E-state index is 12.8. The van der Waals surface area contributed by atoms with Gasteiger partial charge in [0.15, 0.2) is 5.82 Å². The van der Waals surface area contributed by atoms with E-state index in [1.165, 1.54) is 7.11 Å². The standard InChI is InChI=1S/C19H23N7O2.ClH/c1-12-9-25(5-4-20-12)18-8-21-16(7-22-18)24-19(27)14-11-26-10-13(2)23-17(26)6-15(14)28-3;/h6-8,10-12,20H,4-5,9H2,1-3H3,(H,21,24,27);1H/t12-;/m0./s1. The molecule has 1 aliphatic heterocycles. The number of carbonyl (C=O) groups excluding carboxylic acids is 1.